The van der Waals surface area contributed by atoms with E-state index < -0.39 is 0 Å². The van der Waals surface area contributed by atoms with Crippen LogP contribution in [0.5, 0.6) is 0 Å². The summed E-state index contributed by atoms with van der Waals surface area (Å²) in [5, 5.41) is 0. The fourth-order valence-electron chi connectivity index (χ4n) is 1.35. The predicted molar refractivity (Wildman–Crippen MR) is 60.1 cm³/mol. The van der Waals surface area contributed by atoms with Crippen LogP contribution in [0.15, 0.2) is 42.0 Å². The van der Waals surface area contributed by atoms with Crippen molar-refractivity contribution in [2.75, 3.05) is 6.54 Å². The number of H-pyrrole nitrogens is 1. The molecule has 2 heterocycles. The number of hydrogen-bond donors (Lipinski definition) is 1. The van der Waals surface area contributed by atoms with Gasteiger partial charge in [-0.2, -0.15) is 0 Å². The van der Waals surface area contributed by atoms with E-state index in [0.29, 0.717) is 0 Å². The molecule has 0 fully saturated rings. The van der Waals surface area contributed by atoms with Gasteiger partial charge in [0.05, 0.1) is 12.0 Å². The maximum Gasteiger partial charge on any atom is 0.0945 e. The lowest BCUT2D eigenvalue weighted by molar-refractivity contribution is 0.651. The number of aliphatic imine (C=N–C) groups is 1. The SMILES string of the molecule is C(=NCCCn1ccnc1)c1ccc[nH]1. The van der Waals surface area contributed by atoms with Crippen LogP contribution in [-0.2, 0) is 6.54 Å². The first-order valence-corrected chi connectivity index (χ1v) is 5.04. The van der Waals surface area contributed by atoms with Crippen LogP contribution in [0.2, 0.25) is 0 Å². The summed E-state index contributed by atoms with van der Waals surface area (Å²) in [6.07, 6.45) is 10.4. The highest BCUT2D eigenvalue weighted by molar-refractivity contribution is 5.76. The molecule has 15 heavy (non-hydrogen) atoms. The van der Waals surface area contributed by atoms with Crippen LogP contribution in [-0.4, -0.2) is 27.3 Å². The Kier molecular flexibility index (Phi) is 3.33. The molecule has 1 N–H and O–H groups in total. The van der Waals surface area contributed by atoms with Gasteiger partial charge in [-0.3, -0.25) is 4.99 Å². The van der Waals surface area contributed by atoms with Crippen molar-refractivity contribution in [1.82, 2.24) is 14.5 Å². The van der Waals surface area contributed by atoms with Gasteiger partial charge in [0, 0.05) is 37.9 Å². The zero-order valence-corrected chi connectivity index (χ0v) is 8.50. The largest absolute Gasteiger partial charge is 0.360 e. The Hall–Kier alpha value is -1.84. The summed E-state index contributed by atoms with van der Waals surface area (Å²) in [5.74, 6) is 0. The first-order chi connectivity index (χ1) is 7.45. The van der Waals surface area contributed by atoms with Crippen molar-refractivity contribution < 1.29 is 0 Å². The average Bonchev–Trinajstić information content (AvgIpc) is 2.88. The minimum Gasteiger partial charge on any atom is -0.360 e. The summed E-state index contributed by atoms with van der Waals surface area (Å²) in [6, 6.07) is 3.96. The maximum absolute atomic E-state index is 4.32. The molecule has 0 aliphatic rings. The molecule has 0 unspecified atom stereocenters. The molecule has 4 heteroatoms. The molecule has 2 aromatic rings. The third-order valence-corrected chi connectivity index (χ3v) is 2.12. The number of nitrogens with one attached hydrogen (secondary N) is 1. The second-order valence-electron chi connectivity index (χ2n) is 3.31. The molecule has 0 aliphatic heterocycles. The van der Waals surface area contributed by atoms with Crippen molar-refractivity contribution in [3.8, 4) is 0 Å². The summed E-state index contributed by atoms with van der Waals surface area (Å²) >= 11 is 0. The van der Waals surface area contributed by atoms with Crippen molar-refractivity contribution in [3.05, 3.63) is 42.7 Å². The number of aryl methyl sites for hydroxylation is 1. The molecule has 0 spiro atoms. The molecule has 0 aromatic carbocycles. The second kappa shape index (κ2) is 5.14. The minimum atomic E-state index is 0.844. The quantitative estimate of drug-likeness (QED) is 0.582. The van der Waals surface area contributed by atoms with E-state index in [1.54, 1.807) is 6.20 Å². The van der Waals surface area contributed by atoms with Gasteiger partial charge in [-0.15, -0.1) is 0 Å². The Morgan fingerprint density at radius 2 is 2.53 bits per heavy atom. The maximum atomic E-state index is 4.32. The molecule has 0 radical (unpaired) electrons. The Labute approximate surface area is 88.7 Å². The van der Waals surface area contributed by atoms with Crippen molar-refractivity contribution in [3.63, 3.8) is 0 Å². The summed E-state index contributed by atoms with van der Waals surface area (Å²) in [5.41, 5.74) is 1.05. The van der Waals surface area contributed by atoms with Crippen LogP contribution < -0.4 is 0 Å². The zero-order chi connectivity index (χ0) is 10.3. The van der Waals surface area contributed by atoms with Crippen molar-refractivity contribution in [2.24, 2.45) is 4.99 Å². The number of aromatic nitrogens is 3. The van der Waals surface area contributed by atoms with Gasteiger partial charge in [0.25, 0.3) is 0 Å². The fourth-order valence-corrected chi connectivity index (χ4v) is 1.35. The van der Waals surface area contributed by atoms with Gasteiger partial charge in [-0.05, 0) is 18.6 Å². The van der Waals surface area contributed by atoms with Gasteiger partial charge in [0.2, 0.25) is 0 Å². The molecule has 0 saturated heterocycles. The van der Waals surface area contributed by atoms with E-state index in [-0.39, 0.29) is 0 Å². The van der Waals surface area contributed by atoms with Gasteiger partial charge in [0.15, 0.2) is 0 Å². The molecule has 78 valence electrons. The minimum absolute atomic E-state index is 0.844. The summed E-state index contributed by atoms with van der Waals surface area (Å²) in [7, 11) is 0. The van der Waals surface area contributed by atoms with Crippen LogP contribution >= 0.6 is 0 Å². The topological polar surface area (TPSA) is 46.0 Å². The van der Waals surface area contributed by atoms with Gasteiger partial charge >= 0.3 is 0 Å². The molecule has 0 bridgehead atoms. The first-order valence-electron chi connectivity index (χ1n) is 5.04. The third-order valence-electron chi connectivity index (χ3n) is 2.12. The van der Waals surface area contributed by atoms with E-state index in [2.05, 4.69) is 19.5 Å². The molecule has 2 rings (SSSR count). The first kappa shape index (κ1) is 9.71. The van der Waals surface area contributed by atoms with E-state index in [1.807, 2.05) is 37.1 Å². The van der Waals surface area contributed by atoms with Gasteiger partial charge in [0.1, 0.15) is 0 Å². The van der Waals surface area contributed by atoms with Crippen molar-refractivity contribution in [2.45, 2.75) is 13.0 Å². The van der Waals surface area contributed by atoms with Crippen LogP contribution in [0.1, 0.15) is 12.1 Å². The lowest BCUT2D eigenvalue weighted by Gasteiger charge is -1.97. The number of nitrogens with zero attached hydrogens (tertiary/aromatic N) is 3. The Balaban J connectivity index is 1.67. The molecular formula is C11H14N4. The standard InChI is InChI=1S/C11H14N4/c1-3-11(14-5-1)9-12-4-2-7-15-8-6-13-10-15/h1,3,5-6,8-10,14H,2,4,7H2. The van der Waals surface area contributed by atoms with Crippen molar-refractivity contribution >= 4 is 6.21 Å². The number of imidazole rings is 1. The van der Waals surface area contributed by atoms with E-state index in [1.165, 1.54) is 0 Å². The summed E-state index contributed by atoms with van der Waals surface area (Å²) < 4.78 is 2.06. The van der Waals surface area contributed by atoms with Crippen LogP contribution in [0.4, 0.5) is 0 Å². The molecule has 0 aliphatic carbocycles. The highest BCUT2D eigenvalue weighted by Crippen LogP contribution is 1.92. The highest BCUT2D eigenvalue weighted by Gasteiger charge is 1.89. The lowest BCUT2D eigenvalue weighted by atomic mass is 10.4. The Morgan fingerprint density at radius 3 is 3.27 bits per heavy atom. The van der Waals surface area contributed by atoms with E-state index in [9.17, 15) is 0 Å². The Morgan fingerprint density at radius 1 is 1.53 bits per heavy atom. The molecule has 2 aromatic heterocycles. The average molecular weight is 202 g/mol. The Bertz CT molecular complexity index is 386. The smallest absolute Gasteiger partial charge is 0.0945 e. The monoisotopic (exact) mass is 202 g/mol. The summed E-state index contributed by atoms with van der Waals surface area (Å²) in [4.78, 5) is 11.4. The molecule has 0 saturated carbocycles. The van der Waals surface area contributed by atoms with Gasteiger partial charge in [-0.25, -0.2) is 4.98 Å². The zero-order valence-electron chi connectivity index (χ0n) is 8.50. The lowest BCUT2D eigenvalue weighted by Crippen LogP contribution is -1.96. The molecule has 0 atom stereocenters. The second-order valence-corrected chi connectivity index (χ2v) is 3.31. The van der Waals surface area contributed by atoms with Crippen LogP contribution in [0, 0.1) is 0 Å². The number of aromatic amines is 1. The van der Waals surface area contributed by atoms with Crippen LogP contribution in [0.3, 0.4) is 0 Å². The third kappa shape index (κ3) is 3.09. The van der Waals surface area contributed by atoms with Gasteiger partial charge < -0.3 is 9.55 Å². The summed E-state index contributed by atoms with van der Waals surface area (Å²) in [6.45, 7) is 1.82. The molecule has 4 nitrogen and oxygen atoms in total. The predicted octanol–water partition coefficient (Wildman–Crippen LogP) is 1.72. The van der Waals surface area contributed by atoms with E-state index in [4.69, 9.17) is 0 Å². The highest BCUT2D eigenvalue weighted by atomic mass is 15.0. The number of rotatable bonds is 5. The van der Waals surface area contributed by atoms with Crippen LogP contribution in [0.25, 0.3) is 0 Å². The normalized spacial score (nSPS) is 11.2. The molecular weight excluding hydrogens is 188 g/mol. The van der Waals surface area contributed by atoms with E-state index in [0.717, 1.165) is 25.2 Å². The fraction of sp³-hybridized carbons (Fsp3) is 0.273. The molecule has 0 amide bonds. The van der Waals surface area contributed by atoms with Crippen molar-refractivity contribution in [1.29, 1.82) is 0 Å². The van der Waals surface area contributed by atoms with Gasteiger partial charge in [-0.1, -0.05) is 0 Å². The van der Waals surface area contributed by atoms with E-state index >= 15 is 0 Å². The number of hydrogen-bond acceptors (Lipinski definition) is 2.